The minimum Gasteiger partial charge on any atom is -0.508 e. The molecule has 2 aliphatic heterocycles. The van der Waals surface area contributed by atoms with E-state index in [0.29, 0.717) is 27.6 Å². The predicted octanol–water partition coefficient (Wildman–Crippen LogP) is 8.87. The molecular formula is C49H42ClN7O10S. The number of aryl methyl sites for hydroxylation is 2. The summed E-state index contributed by atoms with van der Waals surface area (Å²) >= 11 is 7.84. The van der Waals surface area contributed by atoms with Crippen molar-refractivity contribution in [1.82, 2.24) is 9.78 Å². The number of allylic oxidation sites excluding steroid dienone is 2. The Bertz CT molecular complexity index is 3200. The van der Waals surface area contributed by atoms with Gasteiger partial charge in [0.25, 0.3) is 0 Å². The molecule has 3 fully saturated rings. The molecule has 0 bridgehead atoms. The minimum absolute atomic E-state index is 0.00446. The maximum absolute atomic E-state index is 15.4. The maximum Gasteiger partial charge on any atom is 0.301 e. The highest BCUT2D eigenvalue weighted by molar-refractivity contribution is 7.22. The van der Waals surface area contributed by atoms with Gasteiger partial charge in [0.15, 0.2) is 5.69 Å². The van der Waals surface area contributed by atoms with Gasteiger partial charge in [0.05, 0.1) is 43.6 Å². The summed E-state index contributed by atoms with van der Waals surface area (Å²) in [7, 11) is 4.46. The quantitative estimate of drug-likeness (QED) is 0.0590. The Morgan fingerprint density at radius 1 is 0.912 bits per heavy atom. The second-order valence-electron chi connectivity index (χ2n) is 18.1. The molecule has 346 valence electrons. The van der Waals surface area contributed by atoms with Gasteiger partial charge >= 0.3 is 11.4 Å². The number of nitro groups is 2. The van der Waals surface area contributed by atoms with Gasteiger partial charge in [-0.05, 0) is 73.4 Å². The van der Waals surface area contributed by atoms with E-state index < -0.39 is 79.9 Å². The molecule has 4 heterocycles. The molecule has 10 rings (SSSR count). The van der Waals surface area contributed by atoms with Crippen LogP contribution in [0.4, 0.5) is 28.6 Å². The summed E-state index contributed by atoms with van der Waals surface area (Å²) in [5.41, 5.74) is -0.310. The van der Waals surface area contributed by atoms with Crippen LogP contribution in [0.25, 0.3) is 20.7 Å². The zero-order valence-electron chi connectivity index (χ0n) is 37.2. The smallest absolute Gasteiger partial charge is 0.301 e. The summed E-state index contributed by atoms with van der Waals surface area (Å²) in [6.07, 6.45) is 1.75. The number of rotatable bonds is 10. The Labute approximate surface area is 397 Å². The van der Waals surface area contributed by atoms with Crippen LogP contribution in [0, 0.1) is 56.2 Å². The lowest BCUT2D eigenvalue weighted by molar-refractivity contribution is -0.392. The maximum atomic E-state index is 15.4. The molecule has 4 amide bonds. The Balaban J connectivity index is 1.07. The van der Waals surface area contributed by atoms with E-state index in [1.807, 2.05) is 49.4 Å². The van der Waals surface area contributed by atoms with Crippen LogP contribution >= 0.6 is 22.9 Å². The highest BCUT2D eigenvalue weighted by Gasteiger charge is 2.68. The zero-order valence-corrected chi connectivity index (χ0v) is 38.8. The van der Waals surface area contributed by atoms with Crippen molar-refractivity contribution in [2.24, 2.45) is 36.1 Å². The first-order chi connectivity index (χ1) is 32.4. The number of hydrogen-bond donors (Lipinski definition) is 1. The van der Waals surface area contributed by atoms with Crippen LogP contribution in [0.2, 0.25) is 5.02 Å². The number of aromatic hydroxyl groups is 1. The third-order valence-corrected chi connectivity index (χ3v) is 15.7. The second kappa shape index (κ2) is 16.1. The monoisotopic (exact) mass is 955 g/mol. The number of nitro benzene ring substituents is 2. The normalized spacial score (nSPS) is 23.1. The fourth-order valence-corrected chi connectivity index (χ4v) is 12.4. The Kier molecular flexibility index (Phi) is 10.5. The molecule has 2 aliphatic carbocycles. The number of amides is 4. The highest BCUT2D eigenvalue weighted by atomic mass is 35.5. The standard InChI is InChI=1S/C49H42ClN7O10S/c1-24-32-17-26(50)11-16-39(32)68-44(24)35-22-40(53(5)51-35)55-46(60)34-21-33-29(42(49(34,2)48(55)62)30-13-12-28(20-38(30)58)67-23-25-9-7-6-8-10-25)14-15-31-41(33)47(61)54(45(31)59)27-18-36(56(63)64)43(52(3)4)37(19-27)57(65)66/h6-14,16-20,22,31,33-34,41-42,58H,15,21,23H2,1-5H3/t31-,33+,34-,41-,42+,49+/m0/s1. The molecule has 2 saturated heterocycles. The van der Waals surface area contributed by atoms with Gasteiger partial charge in [0.2, 0.25) is 23.6 Å². The van der Waals surface area contributed by atoms with Crippen molar-refractivity contribution in [2.45, 2.75) is 39.2 Å². The van der Waals surface area contributed by atoms with E-state index in [2.05, 4.69) is 0 Å². The molecule has 1 N–H and O–H groups in total. The van der Waals surface area contributed by atoms with Crippen molar-refractivity contribution in [3.63, 3.8) is 0 Å². The van der Waals surface area contributed by atoms with Gasteiger partial charge in [-0.1, -0.05) is 59.6 Å². The van der Waals surface area contributed by atoms with E-state index in [1.165, 1.54) is 41.1 Å². The van der Waals surface area contributed by atoms with Crippen molar-refractivity contribution in [1.29, 1.82) is 0 Å². The van der Waals surface area contributed by atoms with Gasteiger partial charge in [-0.3, -0.25) is 44.1 Å². The average molecular weight is 956 g/mol. The lowest BCUT2D eigenvalue weighted by Crippen LogP contribution is -2.49. The summed E-state index contributed by atoms with van der Waals surface area (Å²) in [6, 6.07) is 23.5. The molecule has 19 heteroatoms. The number of ether oxygens (including phenoxy) is 1. The number of anilines is 3. The summed E-state index contributed by atoms with van der Waals surface area (Å²) in [5.74, 6) is -7.28. The number of halogens is 1. The number of fused-ring (bicyclic) bond motifs is 5. The van der Waals surface area contributed by atoms with Crippen molar-refractivity contribution < 1.29 is 38.9 Å². The van der Waals surface area contributed by atoms with Gasteiger partial charge in [0, 0.05) is 66.6 Å². The van der Waals surface area contributed by atoms with E-state index in [9.17, 15) is 34.9 Å². The van der Waals surface area contributed by atoms with E-state index in [4.69, 9.17) is 21.4 Å². The van der Waals surface area contributed by atoms with Crippen LogP contribution in [-0.4, -0.2) is 62.5 Å². The van der Waals surface area contributed by atoms with Crippen LogP contribution in [0.15, 0.2) is 96.6 Å². The minimum atomic E-state index is -1.54. The Morgan fingerprint density at radius 2 is 1.62 bits per heavy atom. The molecule has 2 aromatic heterocycles. The zero-order chi connectivity index (χ0) is 48.2. The number of thiophene rings is 1. The predicted molar refractivity (Wildman–Crippen MR) is 254 cm³/mol. The van der Waals surface area contributed by atoms with Gasteiger partial charge < -0.3 is 14.7 Å². The third-order valence-electron chi connectivity index (χ3n) is 14.2. The van der Waals surface area contributed by atoms with Gasteiger partial charge in [0.1, 0.15) is 29.6 Å². The SMILES string of the molecule is Cc1c(-c2cc(N3C(=O)[C@@H]4C[C@@H]5C(=CC[C@@H]6C(=O)N(c7cc([N+](=O)[O-])c(N(C)C)c([N+](=O)[O-])c7)C(=O)[C@@H]65)[C@H](c5ccc(OCc6ccccc6)cc5O)[C@]4(C)C3=O)n(C)n2)sc2ccc(Cl)cc12. The summed E-state index contributed by atoms with van der Waals surface area (Å²) < 4.78 is 8.50. The fourth-order valence-electron chi connectivity index (χ4n) is 11.1. The van der Waals surface area contributed by atoms with Crippen LogP contribution < -0.4 is 19.4 Å². The number of phenolic OH excluding ortho intramolecular Hbond substituents is 1. The number of carbonyl (C=O) groups excluding carboxylic acids is 4. The molecule has 68 heavy (non-hydrogen) atoms. The molecule has 4 aromatic carbocycles. The Morgan fingerprint density at radius 3 is 2.28 bits per heavy atom. The molecule has 0 radical (unpaired) electrons. The molecule has 0 unspecified atom stereocenters. The number of nitrogens with zero attached hydrogens (tertiary/aromatic N) is 7. The fraction of sp³-hybridized carbons (Fsp3) is 0.286. The van der Waals surface area contributed by atoms with E-state index >= 15 is 9.59 Å². The number of imide groups is 2. The van der Waals surface area contributed by atoms with Crippen LogP contribution in [0.3, 0.4) is 0 Å². The molecule has 17 nitrogen and oxygen atoms in total. The lowest BCUT2D eigenvalue weighted by atomic mass is 9.51. The second-order valence-corrected chi connectivity index (χ2v) is 19.6. The highest BCUT2D eigenvalue weighted by Crippen LogP contribution is 2.65. The van der Waals surface area contributed by atoms with Crippen LogP contribution in [0.1, 0.15) is 42.4 Å². The number of carbonyl (C=O) groups is 4. The molecule has 4 aliphatic rings. The van der Waals surface area contributed by atoms with Gasteiger partial charge in [-0.25, -0.2) is 9.80 Å². The average Bonchev–Trinajstić information content (AvgIpc) is 3.98. The molecule has 6 aromatic rings. The molecule has 1 saturated carbocycles. The molecule has 6 atom stereocenters. The summed E-state index contributed by atoms with van der Waals surface area (Å²) in [4.78, 5) is 86.9. The number of phenols is 1. The van der Waals surface area contributed by atoms with Gasteiger partial charge in [-0.2, -0.15) is 5.10 Å². The van der Waals surface area contributed by atoms with E-state index in [1.54, 1.807) is 44.3 Å². The van der Waals surface area contributed by atoms with E-state index in [0.717, 1.165) is 48.0 Å². The van der Waals surface area contributed by atoms with Crippen molar-refractivity contribution in [3.05, 3.63) is 139 Å². The van der Waals surface area contributed by atoms with E-state index in [-0.39, 0.29) is 42.4 Å². The largest absolute Gasteiger partial charge is 0.508 e. The first-order valence-corrected chi connectivity index (χ1v) is 22.9. The first kappa shape index (κ1) is 44.4. The Hall–Kier alpha value is -7.44. The summed E-state index contributed by atoms with van der Waals surface area (Å²) in [6.45, 7) is 3.86. The number of benzene rings is 4. The lowest BCUT2D eigenvalue weighted by Gasteiger charge is -2.49. The topological polar surface area (TPSA) is 212 Å². The molecule has 0 spiro atoms. The van der Waals surface area contributed by atoms with Gasteiger partial charge in [-0.15, -0.1) is 11.3 Å². The number of hydrogen-bond acceptors (Lipinski definition) is 13. The summed E-state index contributed by atoms with van der Waals surface area (Å²) in [5, 5.41) is 42.9. The first-order valence-electron chi connectivity index (χ1n) is 21.7. The molecular weight excluding hydrogens is 914 g/mol. The van der Waals surface area contributed by atoms with Crippen LogP contribution in [-0.2, 0) is 32.8 Å². The third kappa shape index (κ3) is 6.67. The number of aromatic nitrogens is 2. The van der Waals surface area contributed by atoms with Crippen LogP contribution in [0.5, 0.6) is 11.5 Å². The van der Waals surface area contributed by atoms with Crippen molar-refractivity contribution >= 4 is 85.2 Å². The van der Waals surface area contributed by atoms with Crippen molar-refractivity contribution in [3.8, 4) is 22.1 Å². The van der Waals surface area contributed by atoms with Crippen molar-refractivity contribution in [2.75, 3.05) is 28.8 Å².